The standard InChI is InChI=1S/C10H15N3O/c1-3-8(2)12-10(14)13-9-4-6-11-7-5-9/h4-8H,3H2,1-2H3,(H2,11,12,13,14). The first-order valence-corrected chi connectivity index (χ1v) is 4.70. The second-order valence-electron chi connectivity index (χ2n) is 3.14. The Kier molecular flexibility index (Phi) is 3.91. The van der Waals surface area contributed by atoms with Crippen LogP contribution in [0.1, 0.15) is 20.3 Å². The van der Waals surface area contributed by atoms with E-state index in [0.717, 1.165) is 12.1 Å². The van der Waals surface area contributed by atoms with Crippen molar-refractivity contribution in [2.75, 3.05) is 5.32 Å². The van der Waals surface area contributed by atoms with E-state index in [1.54, 1.807) is 24.5 Å². The summed E-state index contributed by atoms with van der Waals surface area (Å²) >= 11 is 0. The van der Waals surface area contributed by atoms with Gasteiger partial charge in [-0.05, 0) is 25.5 Å². The van der Waals surface area contributed by atoms with Crippen LogP contribution in [0.3, 0.4) is 0 Å². The van der Waals surface area contributed by atoms with Crippen molar-refractivity contribution < 1.29 is 4.79 Å². The van der Waals surface area contributed by atoms with Crippen LogP contribution in [-0.4, -0.2) is 17.1 Å². The summed E-state index contributed by atoms with van der Waals surface area (Å²) in [6.07, 6.45) is 4.20. The minimum absolute atomic E-state index is 0.175. The van der Waals surface area contributed by atoms with Crippen molar-refractivity contribution in [1.29, 1.82) is 0 Å². The predicted molar refractivity (Wildman–Crippen MR) is 56.1 cm³/mol. The average Bonchev–Trinajstić information content (AvgIpc) is 2.19. The van der Waals surface area contributed by atoms with Crippen molar-refractivity contribution in [3.8, 4) is 0 Å². The summed E-state index contributed by atoms with van der Waals surface area (Å²) < 4.78 is 0. The topological polar surface area (TPSA) is 54.0 Å². The highest BCUT2D eigenvalue weighted by Crippen LogP contribution is 2.02. The highest BCUT2D eigenvalue weighted by Gasteiger charge is 2.04. The van der Waals surface area contributed by atoms with Crippen molar-refractivity contribution in [2.24, 2.45) is 0 Å². The Balaban J connectivity index is 2.42. The van der Waals surface area contributed by atoms with Gasteiger partial charge in [-0.1, -0.05) is 6.92 Å². The molecule has 1 aromatic heterocycles. The predicted octanol–water partition coefficient (Wildman–Crippen LogP) is 2.00. The Bertz CT molecular complexity index is 287. The molecule has 14 heavy (non-hydrogen) atoms. The lowest BCUT2D eigenvalue weighted by atomic mass is 10.3. The molecule has 4 nitrogen and oxygen atoms in total. The molecular formula is C10H15N3O. The Labute approximate surface area is 83.7 Å². The SMILES string of the molecule is CCC(C)NC(=O)Nc1ccncc1. The second-order valence-corrected chi connectivity index (χ2v) is 3.14. The van der Waals surface area contributed by atoms with E-state index in [1.165, 1.54) is 0 Å². The highest BCUT2D eigenvalue weighted by molar-refractivity contribution is 5.89. The molecule has 1 atom stereocenters. The van der Waals surface area contributed by atoms with E-state index < -0.39 is 0 Å². The van der Waals surface area contributed by atoms with Gasteiger partial charge in [0.05, 0.1) is 0 Å². The molecule has 0 saturated carbocycles. The fourth-order valence-corrected chi connectivity index (χ4v) is 0.928. The number of aromatic nitrogens is 1. The zero-order chi connectivity index (χ0) is 10.4. The molecule has 1 unspecified atom stereocenters. The minimum atomic E-state index is -0.175. The van der Waals surface area contributed by atoms with Gasteiger partial charge in [-0.25, -0.2) is 4.79 Å². The number of urea groups is 1. The molecule has 1 aromatic rings. The van der Waals surface area contributed by atoms with Crippen LogP contribution in [0.2, 0.25) is 0 Å². The molecule has 4 heteroatoms. The zero-order valence-electron chi connectivity index (χ0n) is 8.45. The molecule has 0 saturated heterocycles. The molecule has 0 aliphatic rings. The van der Waals surface area contributed by atoms with Crippen LogP contribution < -0.4 is 10.6 Å². The Morgan fingerprint density at radius 3 is 2.71 bits per heavy atom. The number of rotatable bonds is 3. The van der Waals surface area contributed by atoms with Gasteiger partial charge in [-0.15, -0.1) is 0 Å². The van der Waals surface area contributed by atoms with Gasteiger partial charge >= 0.3 is 6.03 Å². The molecule has 2 amide bonds. The number of hydrogen-bond acceptors (Lipinski definition) is 2. The average molecular weight is 193 g/mol. The molecule has 0 fully saturated rings. The van der Waals surface area contributed by atoms with Gasteiger partial charge in [0.1, 0.15) is 0 Å². The first-order chi connectivity index (χ1) is 6.72. The summed E-state index contributed by atoms with van der Waals surface area (Å²) in [6, 6.07) is 3.51. The van der Waals surface area contributed by atoms with Crippen LogP contribution >= 0.6 is 0 Å². The van der Waals surface area contributed by atoms with Crippen LogP contribution in [0.4, 0.5) is 10.5 Å². The van der Waals surface area contributed by atoms with Crippen LogP contribution in [0.25, 0.3) is 0 Å². The number of hydrogen-bond donors (Lipinski definition) is 2. The lowest BCUT2D eigenvalue weighted by molar-refractivity contribution is 0.249. The van der Waals surface area contributed by atoms with E-state index >= 15 is 0 Å². The van der Waals surface area contributed by atoms with E-state index in [2.05, 4.69) is 15.6 Å². The maximum Gasteiger partial charge on any atom is 0.319 e. The summed E-state index contributed by atoms with van der Waals surface area (Å²) in [5, 5.41) is 5.52. The second kappa shape index (κ2) is 5.21. The monoisotopic (exact) mass is 193 g/mol. The normalized spacial score (nSPS) is 11.9. The molecule has 0 radical (unpaired) electrons. The van der Waals surface area contributed by atoms with Crippen molar-refractivity contribution >= 4 is 11.7 Å². The van der Waals surface area contributed by atoms with Gasteiger partial charge in [0.15, 0.2) is 0 Å². The van der Waals surface area contributed by atoms with Crippen molar-refractivity contribution in [1.82, 2.24) is 10.3 Å². The molecule has 0 aliphatic carbocycles. The van der Waals surface area contributed by atoms with E-state index in [4.69, 9.17) is 0 Å². The van der Waals surface area contributed by atoms with Gasteiger partial charge in [-0.2, -0.15) is 0 Å². The Morgan fingerprint density at radius 1 is 1.50 bits per heavy atom. The fourth-order valence-electron chi connectivity index (χ4n) is 0.928. The smallest absolute Gasteiger partial charge is 0.319 e. The van der Waals surface area contributed by atoms with Gasteiger partial charge in [0, 0.05) is 24.1 Å². The number of nitrogens with one attached hydrogen (secondary N) is 2. The molecule has 0 aromatic carbocycles. The molecule has 1 heterocycles. The Hall–Kier alpha value is -1.58. The minimum Gasteiger partial charge on any atom is -0.335 e. The van der Waals surface area contributed by atoms with E-state index in [9.17, 15) is 4.79 Å². The summed E-state index contributed by atoms with van der Waals surface area (Å²) in [6.45, 7) is 3.99. The first kappa shape index (κ1) is 10.5. The lowest BCUT2D eigenvalue weighted by Crippen LogP contribution is -2.35. The van der Waals surface area contributed by atoms with Crippen LogP contribution in [0.5, 0.6) is 0 Å². The van der Waals surface area contributed by atoms with Gasteiger partial charge in [-0.3, -0.25) is 4.98 Å². The lowest BCUT2D eigenvalue weighted by Gasteiger charge is -2.12. The van der Waals surface area contributed by atoms with E-state index in [1.807, 2.05) is 13.8 Å². The molecule has 76 valence electrons. The van der Waals surface area contributed by atoms with Gasteiger partial charge < -0.3 is 10.6 Å². The van der Waals surface area contributed by atoms with Gasteiger partial charge in [0.25, 0.3) is 0 Å². The molecule has 2 N–H and O–H groups in total. The van der Waals surface area contributed by atoms with Crippen molar-refractivity contribution in [2.45, 2.75) is 26.3 Å². The maximum atomic E-state index is 11.3. The third-order valence-electron chi connectivity index (χ3n) is 1.93. The summed E-state index contributed by atoms with van der Waals surface area (Å²) in [4.78, 5) is 15.2. The third-order valence-corrected chi connectivity index (χ3v) is 1.93. The number of carbonyl (C=O) groups is 1. The number of amides is 2. The molecule has 0 aliphatic heterocycles. The molecule has 0 bridgehead atoms. The largest absolute Gasteiger partial charge is 0.335 e. The molecule has 1 rings (SSSR count). The summed E-state index contributed by atoms with van der Waals surface area (Å²) in [5.41, 5.74) is 0.751. The van der Waals surface area contributed by atoms with E-state index in [-0.39, 0.29) is 12.1 Å². The zero-order valence-corrected chi connectivity index (χ0v) is 8.45. The number of nitrogens with zero attached hydrogens (tertiary/aromatic N) is 1. The maximum absolute atomic E-state index is 11.3. The van der Waals surface area contributed by atoms with Crippen LogP contribution in [0, 0.1) is 0 Å². The third kappa shape index (κ3) is 3.43. The van der Waals surface area contributed by atoms with Crippen molar-refractivity contribution in [3.05, 3.63) is 24.5 Å². The van der Waals surface area contributed by atoms with Crippen molar-refractivity contribution in [3.63, 3.8) is 0 Å². The van der Waals surface area contributed by atoms with Crippen LogP contribution in [-0.2, 0) is 0 Å². The van der Waals surface area contributed by atoms with Crippen LogP contribution in [0.15, 0.2) is 24.5 Å². The quantitative estimate of drug-likeness (QED) is 0.771. The summed E-state index contributed by atoms with van der Waals surface area (Å²) in [5.74, 6) is 0. The molecular weight excluding hydrogens is 178 g/mol. The number of pyridine rings is 1. The number of carbonyl (C=O) groups excluding carboxylic acids is 1. The fraction of sp³-hybridized carbons (Fsp3) is 0.400. The van der Waals surface area contributed by atoms with Gasteiger partial charge in [0.2, 0.25) is 0 Å². The van der Waals surface area contributed by atoms with E-state index in [0.29, 0.717) is 0 Å². The first-order valence-electron chi connectivity index (χ1n) is 4.70. The Morgan fingerprint density at radius 2 is 2.14 bits per heavy atom. The summed E-state index contributed by atoms with van der Waals surface area (Å²) in [7, 11) is 0. The molecule has 0 spiro atoms. The highest BCUT2D eigenvalue weighted by atomic mass is 16.2. The number of anilines is 1.